The molecule has 0 saturated heterocycles. The smallest absolute Gasteiger partial charge is 0.422 e. The van der Waals surface area contributed by atoms with Crippen LogP contribution in [0.25, 0.3) is 0 Å². The van der Waals surface area contributed by atoms with Crippen molar-refractivity contribution in [3.05, 3.63) is 46.2 Å². The first-order valence-corrected chi connectivity index (χ1v) is 9.96. The highest BCUT2D eigenvalue weighted by atomic mass is 35.5. The minimum Gasteiger partial charge on any atom is -0.467 e. The third-order valence-corrected chi connectivity index (χ3v) is 5.49. The summed E-state index contributed by atoms with van der Waals surface area (Å²) >= 11 is 6.04. The summed E-state index contributed by atoms with van der Waals surface area (Å²) in [6.07, 6.45) is -0.0185. The van der Waals surface area contributed by atoms with E-state index in [4.69, 9.17) is 11.6 Å². The van der Waals surface area contributed by atoms with Crippen molar-refractivity contribution in [1.82, 2.24) is 14.9 Å². The Morgan fingerprint density at radius 3 is 2.77 bits per heavy atom. The van der Waals surface area contributed by atoms with E-state index in [1.807, 2.05) is 0 Å². The highest BCUT2D eigenvalue weighted by Crippen LogP contribution is 2.36. The molecule has 3 heterocycles. The lowest BCUT2D eigenvalue weighted by Gasteiger charge is -2.25. The average Bonchev–Trinajstić information content (AvgIpc) is 3.50. The number of nitrogens with one attached hydrogen (secondary N) is 1. The van der Waals surface area contributed by atoms with Crippen LogP contribution < -0.4 is 10.1 Å². The summed E-state index contributed by atoms with van der Waals surface area (Å²) in [5.41, 5.74) is 1.59. The van der Waals surface area contributed by atoms with Crippen LogP contribution in [0.15, 0.2) is 24.5 Å². The van der Waals surface area contributed by atoms with E-state index in [0.29, 0.717) is 22.5 Å². The molecule has 0 aromatic carbocycles. The molecule has 164 valence electrons. The first-order valence-electron chi connectivity index (χ1n) is 9.58. The molecule has 31 heavy (non-hydrogen) atoms. The topological polar surface area (TPSA) is 84.4 Å². The van der Waals surface area contributed by atoms with Gasteiger partial charge >= 0.3 is 6.18 Å². The van der Waals surface area contributed by atoms with E-state index in [0.717, 1.165) is 12.8 Å². The minimum atomic E-state index is -4.51. The molecule has 4 rings (SSSR count). The Morgan fingerprint density at radius 1 is 1.39 bits per heavy atom. The zero-order valence-electron chi connectivity index (χ0n) is 16.4. The fourth-order valence-electron chi connectivity index (χ4n) is 3.34. The number of ether oxygens (including phenoxy) is 1. The Morgan fingerprint density at radius 2 is 2.13 bits per heavy atom. The van der Waals surface area contributed by atoms with Gasteiger partial charge in [-0.3, -0.25) is 9.59 Å². The second kappa shape index (κ2) is 7.99. The molecular weight excluding hydrogens is 437 g/mol. The number of aromatic nitrogens is 2. The molecule has 0 bridgehead atoms. The molecule has 0 spiro atoms. The van der Waals surface area contributed by atoms with E-state index in [9.17, 15) is 22.8 Å². The van der Waals surface area contributed by atoms with E-state index in [2.05, 4.69) is 20.0 Å². The van der Waals surface area contributed by atoms with Gasteiger partial charge in [-0.25, -0.2) is 9.97 Å². The lowest BCUT2D eigenvalue weighted by atomic mass is 10.1. The second-order valence-corrected chi connectivity index (χ2v) is 7.92. The van der Waals surface area contributed by atoms with Gasteiger partial charge in [-0.1, -0.05) is 11.6 Å². The van der Waals surface area contributed by atoms with Crippen LogP contribution in [0.2, 0.25) is 5.02 Å². The number of fused-ring (bicyclic) bond motifs is 1. The Balaban J connectivity index is 1.51. The third kappa shape index (κ3) is 4.58. The Bertz CT molecular complexity index is 1040. The number of pyridine rings is 2. The lowest BCUT2D eigenvalue weighted by Crippen LogP contribution is -2.27. The number of carbonyl (C=O) groups is 2. The van der Waals surface area contributed by atoms with Crippen LogP contribution in [-0.4, -0.2) is 39.5 Å². The van der Waals surface area contributed by atoms with Crippen molar-refractivity contribution in [3.63, 3.8) is 0 Å². The molecule has 1 saturated carbocycles. The Hall–Kier alpha value is -2.88. The van der Waals surface area contributed by atoms with Gasteiger partial charge in [-0.2, -0.15) is 13.2 Å². The minimum absolute atomic E-state index is 0.00363. The molecule has 1 aliphatic heterocycles. The summed E-state index contributed by atoms with van der Waals surface area (Å²) in [7, 11) is 0. The van der Waals surface area contributed by atoms with E-state index >= 15 is 0 Å². The molecule has 1 unspecified atom stereocenters. The number of anilines is 1. The van der Waals surface area contributed by atoms with Crippen molar-refractivity contribution in [2.24, 2.45) is 5.92 Å². The number of alkyl halides is 3. The van der Waals surface area contributed by atoms with Crippen LogP contribution in [-0.2, 0) is 11.3 Å². The van der Waals surface area contributed by atoms with Gasteiger partial charge in [0, 0.05) is 29.4 Å². The number of hydrogen-bond donors (Lipinski definition) is 1. The number of amides is 2. The highest BCUT2D eigenvalue weighted by Gasteiger charge is 2.36. The summed E-state index contributed by atoms with van der Waals surface area (Å²) < 4.78 is 41.7. The maximum atomic E-state index is 12.9. The molecule has 1 fully saturated rings. The fourth-order valence-corrected chi connectivity index (χ4v) is 3.57. The summed E-state index contributed by atoms with van der Waals surface area (Å²) in [5.74, 6) is -0.327. The van der Waals surface area contributed by atoms with Crippen molar-refractivity contribution in [2.45, 2.75) is 38.5 Å². The van der Waals surface area contributed by atoms with Gasteiger partial charge in [0.2, 0.25) is 11.8 Å². The maximum Gasteiger partial charge on any atom is 0.422 e. The van der Waals surface area contributed by atoms with Crippen LogP contribution in [0.3, 0.4) is 0 Å². The van der Waals surface area contributed by atoms with Crippen LogP contribution in [0.1, 0.15) is 47.3 Å². The van der Waals surface area contributed by atoms with Crippen LogP contribution in [0.5, 0.6) is 5.88 Å². The van der Waals surface area contributed by atoms with E-state index in [-0.39, 0.29) is 35.2 Å². The summed E-state index contributed by atoms with van der Waals surface area (Å²) in [4.78, 5) is 34.7. The normalized spacial score (nSPS) is 16.8. The average molecular weight is 455 g/mol. The summed E-state index contributed by atoms with van der Waals surface area (Å²) in [6.45, 7) is 0.466. The summed E-state index contributed by atoms with van der Waals surface area (Å²) in [5, 5.41) is 2.71. The molecule has 2 aromatic rings. The van der Waals surface area contributed by atoms with E-state index in [1.54, 1.807) is 17.9 Å². The van der Waals surface area contributed by atoms with Gasteiger partial charge in [0.25, 0.3) is 5.91 Å². The Kier molecular flexibility index (Phi) is 5.50. The first kappa shape index (κ1) is 21.4. The third-order valence-electron chi connectivity index (χ3n) is 5.22. The van der Waals surface area contributed by atoms with Gasteiger partial charge in [-0.15, -0.1) is 0 Å². The van der Waals surface area contributed by atoms with Gasteiger partial charge < -0.3 is 15.0 Å². The molecule has 0 radical (unpaired) electrons. The van der Waals surface area contributed by atoms with Crippen molar-refractivity contribution in [3.8, 4) is 5.88 Å². The quantitative estimate of drug-likeness (QED) is 0.709. The molecular formula is C20H18ClF3N4O3. The van der Waals surface area contributed by atoms with E-state index in [1.165, 1.54) is 18.5 Å². The number of halogens is 4. The number of carbonyl (C=O) groups excluding carboxylic acids is 2. The molecule has 1 aliphatic carbocycles. The fraction of sp³-hybridized carbons (Fsp3) is 0.400. The predicted molar refractivity (Wildman–Crippen MR) is 105 cm³/mol. The molecule has 1 N–H and O–H groups in total. The number of hydrogen-bond acceptors (Lipinski definition) is 5. The maximum absolute atomic E-state index is 12.9. The van der Waals surface area contributed by atoms with E-state index < -0.39 is 18.8 Å². The predicted octanol–water partition coefficient (Wildman–Crippen LogP) is 4.14. The van der Waals surface area contributed by atoms with Crippen LogP contribution in [0, 0.1) is 5.92 Å². The van der Waals surface area contributed by atoms with Gasteiger partial charge in [0.15, 0.2) is 6.61 Å². The summed E-state index contributed by atoms with van der Waals surface area (Å²) in [6, 6.07) is 2.54. The van der Waals surface area contributed by atoms with Crippen molar-refractivity contribution in [2.75, 3.05) is 11.9 Å². The van der Waals surface area contributed by atoms with Crippen LogP contribution in [0.4, 0.5) is 19.0 Å². The first-order chi connectivity index (χ1) is 14.6. The zero-order valence-corrected chi connectivity index (χ0v) is 17.1. The molecule has 2 aromatic heterocycles. The molecule has 2 aliphatic rings. The second-order valence-electron chi connectivity index (χ2n) is 7.52. The lowest BCUT2D eigenvalue weighted by molar-refractivity contribution is -0.154. The standard InChI is InChI=1S/C20H18ClF3N4O3/c1-10(12-6-15(21)18(26-7-12)31-9-20(22,23)24)28-8-14-13(19(28)30)4-5-25-16(14)27-17(29)11-2-3-11/h4-7,10-11H,2-3,8-9H2,1H3,(H,25,27,29). The monoisotopic (exact) mass is 454 g/mol. The molecule has 7 nitrogen and oxygen atoms in total. The zero-order chi connectivity index (χ0) is 22.3. The number of nitrogens with zero attached hydrogens (tertiary/aromatic N) is 3. The SMILES string of the molecule is CC(c1cnc(OCC(F)(F)F)c(Cl)c1)N1Cc2c(ccnc2NC(=O)C2CC2)C1=O. The molecule has 2 amide bonds. The molecule has 11 heteroatoms. The van der Waals surface area contributed by atoms with Crippen molar-refractivity contribution >= 4 is 29.2 Å². The van der Waals surface area contributed by atoms with Crippen molar-refractivity contribution in [1.29, 1.82) is 0 Å². The Labute approximate surface area is 180 Å². The van der Waals surface area contributed by atoms with Crippen LogP contribution >= 0.6 is 11.6 Å². The molecule has 1 atom stereocenters. The van der Waals surface area contributed by atoms with Gasteiger partial charge in [0.1, 0.15) is 10.8 Å². The van der Waals surface area contributed by atoms with Crippen molar-refractivity contribution < 1.29 is 27.5 Å². The van der Waals surface area contributed by atoms with Gasteiger partial charge in [-0.05, 0) is 37.5 Å². The highest BCUT2D eigenvalue weighted by molar-refractivity contribution is 6.31. The van der Waals surface area contributed by atoms with Gasteiger partial charge in [0.05, 0.1) is 12.6 Å². The number of rotatable bonds is 6. The largest absolute Gasteiger partial charge is 0.467 e.